The van der Waals surface area contributed by atoms with E-state index in [1.165, 1.54) is 19.2 Å². The molecule has 138 valence electrons. The third kappa shape index (κ3) is 4.14. The van der Waals surface area contributed by atoms with Gasteiger partial charge in [0.15, 0.2) is 0 Å². The van der Waals surface area contributed by atoms with Crippen LogP contribution in [0, 0.1) is 0 Å². The van der Waals surface area contributed by atoms with Crippen molar-refractivity contribution in [2.75, 3.05) is 12.4 Å². The molecule has 0 aliphatic carbocycles. The smallest absolute Gasteiger partial charge is 0.333 e. The molecule has 0 saturated heterocycles. The summed E-state index contributed by atoms with van der Waals surface area (Å²) in [4.78, 5) is 12.6. The van der Waals surface area contributed by atoms with Crippen molar-refractivity contribution in [3.63, 3.8) is 0 Å². The summed E-state index contributed by atoms with van der Waals surface area (Å²) in [5, 5.41) is 2.81. The molecule has 0 radical (unpaired) electrons. The summed E-state index contributed by atoms with van der Waals surface area (Å²) < 4.78 is 35.6. The van der Waals surface area contributed by atoms with Crippen molar-refractivity contribution in [3.8, 4) is 5.75 Å². The first-order valence-electron chi connectivity index (χ1n) is 8.45. The SMILES string of the molecule is COc1ccc(NC(c2ccccc2)C(F)(F)C(=O)c2ccccc2)cc1. The van der Waals surface area contributed by atoms with Crippen molar-refractivity contribution in [1.82, 2.24) is 0 Å². The van der Waals surface area contributed by atoms with Crippen LogP contribution >= 0.6 is 0 Å². The average Bonchev–Trinajstić information content (AvgIpc) is 2.73. The standard InChI is InChI=1S/C22H19F2NO2/c1-27-19-14-12-18(13-15-19)25-20(16-8-4-2-5-9-16)22(23,24)21(26)17-10-6-3-7-11-17/h2-15,20,25H,1H3. The third-order valence-electron chi connectivity index (χ3n) is 4.24. The fourth-order valence-electron chi connectivity index (χ4n) is 2.80. The predicted molar refractivity (Wildman–Crippen MR) is 102 cm³/mol. The molecule has 0 spiro atoms. The Bertz CT molecular complexity index is 881. The third-order valence-corrected chi connectivity index (χ3v) is 4.24. The van der Waals surface area contributed by atoms with E-state index in [9.17, 15) is 4.79 Å². The van der Waals surface area contributed by atoms with Crippen molar-refractivity contribution < 1.29 is 18.3 Å². The summed E-state index contributed by atoms with van der Waals surface area (Å²) in [5.74, 6) is -4.26. The maximum absolute atomic E-state index is 15.2. The van der Waals surface area contributed by atoms with Gasteiger partial charge in [0.1, 0.15) is 11.8 Å². The minimum Gasteiger partial charge on any atom is -0.497 e. The van der Waals surface area contributed by atoms with E-state index >= 15 is 8.78 Å². The van der Waals surface area contributed by atoms with Gasteiger partial charge in [-0.3, -0.25) is 4.79 Å². The normalized spacial score (nSPS) is 12.3. The quantitative estimate of drug-likeness (QED) is 0.571. The van der Waals surface area contributed by atoms with Crippen LogP contribution in [-0.2, 0) is 0 Å². The number of ether oxygens (including phenoxy) is 1. The van der Waals surface area contributed by atoms with Crippen molar-refractivity contribution in [3.05, 3.63) is 96.1 Å². The molecule has 3 aromatic rings. The van der Waals surface area contributed by atoms with Crippen LogP contribution in [0.3, 0.4) is 0 Å². The maximum Gasteiger partial charge on any atom is 0.333 e. The summed E-state index contributed by atoms with van der Waals surface area (Å²) >= 11 is 0. The molecule has 27 heavy (non-hydrogen) atoms. The number of carbonyl (C=O) groups excluding carboxylic acids is 1. The average molecular weight is 367 g/mol. The number of rotatable bonds is 7. The molecule has 3 rings (SSSR count). The molecule has 0 fully saturated rings. The molecule has 1 N–H and O–H groups in total. The van der Waals surface area contributed by atoms with Crippen LogP contribution < -0.4 is 10.1 Å². The van der Waals surface area contributed by atoms with Crippen molar-refractivity contribution in [1.29, 1.82) is 0 Å². The zero-order valence-corrected chi connectivity index (χ0v) is 14.7. The fraction of sp³-hybridized carbons (Fsp3) is 0.136. The molecule has 1 unspecified atom stereocenters. The van der Waals surface area contributed by atoms with E-state index < -0.39 is 17.7 Å². The highest BCUT2D eigenvalue weighted by molar-refractivity contribution is 6.02. The molecule has 0 aliphatic heterocycles. The van der Waals surface area contributed by atoms with Crippen molar-refractivity contribution in [2.45, 2.75) is 12.0 Å². The van der Waals surface area contributed by atoms with Crippen LogP contribution in [0.2, 0.25) is 0 Å². The van der Waals surface area contributed by atoms with Gasteiger partial charge in [-0.25, -0.2) is 0 Å². The molecule has 0 amide bonds. The molecule has 1 atom stereocenters. The molecule has 0 bridgehead atoms. The van der Waals surface area contributed by atoms with Gasteiger partial charge in [-0.15, -0.1) is 0 Å². The molecule has 0 heterocycles. The highest BCUT2D eigenvalue weighted by Crippen LogP contribution is 2.37. The number of anilines is 1. The Balaban J connectivity index is 1.97. The predicted octanol–water partition coefficient (Wildman–Crippen LogP) is 5.37. The molecule has 0 aliphatic rings. The highest BCUT2D eigenvalue weighted by atomic mass is 19.3. The Hall–Kier alpha value is -3.21. The Kier molecular flexibility index (Phi) is 5.50. The number of benzene rings is 3. The number of hydrogen-bond acceptors (Lipinski definition) is 3. The monoisotopic (exact) mass is 367 g/mol. The highest BCUT2D eigenvalue weighted by Gasteiger charge is 2.48. The van der Waals surface area contributed by atoms with Crippen LogP contribution in [0.25, 0.3) is 0 Å². The second-order valence-electron chi connectivity index (χ2n) is 6.03. The van der Waals surface area contributed by atoms with E-state index in [0.29, 0.717) is 17.0 Å². The largest absolute Gasteiger partial charge is 0.497 e. The lowest BCUT2D eigenvalue weighted by Gasteiger charge is -2.28. The second-order valence-corrected chi connectivity index (χ2v) is 6.03. The number of ketones is 1. The van der Waals surface area contributed by atoms with Gasteiger partial charge in [-0.2, -0.15) is 8.78 Å². The van der Waals surface area contributed by atoms with Crippen LogP contribution in [0.4, 0.5) is 14.5 Å². The number of halogens is 2. The number of carbonyl (C=O) groups is 1. The van der Waals surface area contributed by atoms with Crippen LogP contribution in [-0.4, -0.2) is 18.8 Å². The topological polar surface area (TPSA) is 38.3 Å². The van der Waals surface area contributed by atoms with Crippen LogP contribution in [0.15, 0.2) is 84.9 Å². The molecule has 0 aromatic heterocycles. The van der Waals surface area contributed by atoms with Gasteiger partial charge in [-0.05, 0) is 29.8 Å². The lowest BCUT2D eigenvalue weighted by atomic mass is 9.93. The van der Waals surface area contributed by atoms with Gasteiger partial charge in [0.25, 0.3) is 0 Å². The molecular formula is C22H19F2NO2. The van der Waals surface area contributed by atoms with E-state index in [4.69, 9.17) is 4.74 Å². The first kappa shape index (κ1) is 18.6. The maximum atomic E-state index is 15.2. The minimum atomic E-state index is -3.65. The summed E-state index contributed by atoms with van der Waals surface area (Å²) in [5.41, 5.74) is 0.757. The van der Waals surface area contributed by atoms with Crippen LogP contribution in [0.1, 0.15) is 22.0 Å². The zero-order chi connectivity index (χ0) is 19.3. The Labute approximate surface area is 156 Å². The lowest BCUT2D eigenvalue weighted by molar-refractivity contribution is -0.00268. The van der Waals surface area contributed by atoms with E-state index in [1.54, 1.807) is 72.8 Å². The summed E-state index contributed by atoms with van der Waals surface area (Å²) in [6.07, 6.45) is 0. The van der Waals surface area contributed by atoms with E-state index in [-0.39, 0.29) is 5.56 Å². The number of methoxy groups -OCH3 is 1. The summed E-state index contributed by atoms with van der Waals surface area (Å²) in [6, 6.07) is 20.9. The minimum absolute atomic E-state index is 0.0278. The lowest BCUT2D eigenvalue weighted by Crippen LogP contribution is -2.40. The van der Waals surface area contributed by atoms with Crippen molar-refractivity contribution in [2.24, 2.45) is 0 Å². The summed E-state index contributed by atoms with van der Waals surface area (Å²) in [6.45, 7) is 0. The zero-order valence-electron chi connectivity index (χ0n) is 14.7. The van der Waals surface area contributed by atoms with Gasteiger partial charge in [0, 0.05) is 11.3 Å². The van der Waals surface area contributed by atoms with E-state index in [0.717, 1.165) is 0 Å². The Morgan fingerprint density at radius 3 is 2.00 bits per heavy atom. The van der Waals surface area contributed by atoms with Gasteiger partial charge in [0.2, 0.25) is 5.78 Å². The summed E-state index contributed by atoms with van der Waals surface area (Å²) in [7, 11) is 1.53. The number of nitrogens with one attached hydrogen (secondary N) is 1. The Morgan fingerprint density at radius 1 is 0.889 bits per heavy atom. The molecule has 3 nitrogen and oxygen atoms in total. The van der Waals surface area contributed by atoms with Crippen LogP contribution in [0.5, 0.6) is 5.75 Å². The first-order chi connectivity index (χ1) is 13.0. The molecule has 0 saturated carbocycles. The van der Waals surface area contributed by atoms with E-state index in [2.05, 4.69) is 5.32 Å². The van der Waals surface area contributed by atoms with E-state index in [1.807, 2.05) is 0 Å². The first-order valence-corrected chi connectivity index (χ1v) is 8.45. The fourth-order valence-corrected chi connectivity index (χ4v) is 2.80. The Morgan fingerprint density at radius 2 is 1.44 bits per heavy atom. The van der Waals surface area contributed by atoms with Gasteiger partial charge < -0.3 is 10.1 Å². The van der Waals surface area contributed by atoms with Crippen molar-refractivity contribution >= 4 is 11.5 Å². The number of alkyl halides is 2. The number of Topliss-reactive ketones (excluding diaryl/α,β-unsaturated/α-hetero) is 1. The molecule has 5 heteroatoms. The van der Waals surface area contributed by atoms with Gasteiger partial charge in [0.05, 0.1) is 7.11 Å². The second kappa shape index (κ2) is 7.99. The molecular weight excluding hydrogens is 348 g/mol. The number of hydrogen-bond donors (Lipinski definition) is 1. The van der Waals surface area contributed by atoms with Gasteiger partial charge >= 0.3 is 5.92 Å². The van der Waals surface area contributed by atoms with Gasteiger partial charge in [-0.1, -0.05) is 60.7 Å². The molecule has 3 aromatic carbocycles.